The highest BCUT2D eigenvalue weighted by Gasteiger charge is 2.26. The van der Waals surface area contributed by atoms with Crippen LogP contribution in [0, 0.1) is 11.8 Å². The first kappa shape index (κ1) is 15.0. The fraction of sp³-hybridized carbons (Fsp3) is 0.857. The average molecular weight is 255 g/mol. The molecule has 0 bridgehead atoms. The molecule has 1 atom stereocenters. The van der Waals surface area contributed by atoms with Crippen LogP contribution in [0.4, 0.5) is 0 Å². The van der Waals surface area contributed by atoms with Crippen molar-refractivity contribution in [3.8, 4) is 0 Å². The molecule has 4 nitrogen and oxygen atoms in total. The van der Waals surface area contributed by atoms with Crippen LogP contribution in [-0.2, 0) is 9.59 Å². The molecular weight excluding hydrogens is 230 g/mol. The molecule has 1 amide bonds. The predicted molar refractivity (Wildman–Crippen MR) is 70.2 cm³/mol. The van der Waals surface area contributed by atoms with Gasteiger partial charge in [-0.1, -0.05) is 13.8 Å². The Morgan fingerprint density at radius 2 is 1.78 bits per heavy atom. The molecule has 1 unspecified atom stereocenters. The Morgan fingerprint density at radius 1 is 1.17 bits per heavy atom. The number of amides is 1. The van der Waals surface area contributed by atoms with E-state index in [-0.39, 0.29) is 18.2 Å². The molecule has 0 spiro atoms. The van der Waals surface area contributed by atoms with Gasteiger partial charge in [0.15, 0.2) is 0 Å². The lowest BCUT2D eigenvalue weighted by Gasteiger charge is -2.31. The van der Waals surface area contributed by atoms with Crippen LogP contribution >= 0.6 is 0 Å². The Labute approximate surface area is 109 Å². The van der Waals surface area contributed by atoms with Crippen molar-refractivity contribution >= 4 is 11.9 Å². The Kier molecular flexibility index (Phi) is 6.16. The number of carboxylic acid groups (broad SMARTS) is 1. The number of rotatable bonds is 6. The molecule has 0 aromatic carbocycles. The van der Waals surface area contributed by atoms with Crippen LogP contribution < -0.4 is 0 Å². The predicted octanol–water partition coefficient (Wildman–Crippen LogP) is 2.53. The maximum Gasteiger partial charge on any atom is 0.303 e. The lowest BCUT2D eigenvalue weighted by Crippen LogP contribution is -2.40. The zero-order valence-electron chi connectivity index (χ0n) is 11.5. The van der Waals surface area contributed by atoms with E-state index in [9.17, 15) is 9.59 Å². The van der Waals surface area contributed by atoms with Gasteiger partial charge >= 0.3 is 5.97 Å². The van der Waals surface area contributed by atoms with E-state index in [1.165, 1.54) is 6.42 Å². The van der Waals surface area contributed by atoms with Gasteiger partial charge in [0.05, 0.1) is 0 Å². The normalized spacial score (nSPS) is 17.8. The van der Waals surface area contributed by atoms with Crippen LogP contribution in [0.5, 0.6) is 0 Å². The lowest BCUT2D eigenvalue weighted by atomic mass is 9.91. The quantitative estimate of drug-likeness (QED) is 0.793. The van der Waals surface area contributed by atoms with Crippen molar-refractivity contribution in [1.82, 2.24) is 4.90 Å². The number of hydrogen-bond donors (Lipinski definition) is 1. The van der Waals surface area contributed by atoms with Crippen LogP contribution in [0.1, 0.15) is 52.4 Å². The van der Waals surface area contributed by atoms with Crippen LogP contribution in [0.25, 0.3) is 0 Å². The number of nitrogens with zero attached hydrogens (tertiary/aromatic N) is 1. The van der Waals surface area contributed by atoms with Crippen molar-refractivity contribution in [3.63, 3.8) is 0 Å². The van der Waals surface area contributed by atoms with Crippen molar-refractivity contribution in [1.29, 1.82) is 0 Å². The number of carbonyl (C=O) groups excluding carboxylic acids is 1. The van der Waals surface area contributed by atoms with Crippen molar-refractivity contribution in [2.45, 2.75) is 52.4 Å². The Bertz CT molecular complexity index is 283. The second kappa shape index (κ2) is 7.39. The molecule has 0 saturated carbocycles. The number of piperidine rings is 1. The second-order valence-electron chi connectivity index (χ2n) is 5.64. The SMILES string of the molecule is CC(C)CC(CCC(=O)O)C(=O)N1CCCCC1. The molecule has 1 fully saturated rings. The van der Waals surface area contributed by atoms with Gasteiger partial charge in [0, 0.05) is 25.4 Å². The standard InChI is InChI=1S/C14H25NO3/c1-11(2)10-12(6-7-13(16)17)14(18)15-8-4-3-5-9-15/h11-12H,3-10H2,1-2H3,(H,16,17). The van der Waals surface area contributed by atoms with Crippen molar-refractivity contribution in [2.24, 2.45) is 11.8 Å². The molecule has 1 aliphatic rings. The van der Waals surface area contributed by atoms with Gasteiger partial charge in [-0.2, -0.15) is 0 Å². The minimum atomic E-state index is -0.810. The summed E-state index contributed by atoms with van der Waals surface area (Å²) in [6, 6.07) is 0. The van der Waals surface area contributed by atoms with Crippen molar-refractivity contribution < 1.29 is 14.7 Å². The van der Waals surface area contributed by atoms with Crippen molar-refractivity contribution in [2.75, 3.05) is 13.1 Å². The zero-order valence-corrected chi connectivity index (χ0v) is 11.5. The molecule has 1 saturated heterocycles. The van der Waals surface area contributed by atoms with E-state index in [1.807, 2.05) is 4.90 Å². The van der Waals surface area contributed by atoms with E-state index in [2.05, 4.69) is 13.8 Å². The van der Waals surface area contributed by atoms with Crippen LogP contribution in [0.15, 0.2) is 0 Å². The molecule has 0 aliphatic carbocycles. The first-order chi connectivity index (χ1) is 8.50. The second-order valence-corrected chi connectivity index (χ2v) is 5.64. The van der Waals surface area contributed by atoms with E-state index < -0.39 is 5.97 Å². The third kappa shape index (κ3) is 5.07. The molecule has 0 radical (unpaired) electrons. The highest BCUT2D eigenvalue weighted by Crippen LogP contribution is 2.22. The number of hydrogen-bond acceptors (Lipinski definition) is 2. The Hall–Kier alpha value is -1.06. The summed E-state index contributed by atoms with van der Waals surface area (Å²) in [7, 11) is 0. The molecule has 104 valence electrons. The van der Waals surface area contributed by atoms with E-state index in [0.717, 1.165) is 32.4 Å². The van der Waals surface area contributed by atoms with E-state index in [1.54, 1.807) is 0 Å². The van der Waals surface area contributed by atoms with Gasteiger partial charge in [-0.15, -0.1) is 0 Å². The zero-order chi connectivity index (χ0) is 13.5. The minimum absolute atomic E-state index is 0.0942. The molecule has 1 heterocycles. The molecule has 1 N–H and O–H groups in total. The largest absolute Gasteiger partial charge is 0.481 e. The Morgan fingerprint density at radius 3 is 2.28 bits per heavy atom. The highest BCUT2D eigenvalue weighted by molar-refractivity contribution is 5.79. The minimum Gasteiger partial charge on any atom is -0.481 e. The van der Waals surface area contributed by atoms with Gasteiger partial charge in [0.25, 0.3) is 0 Å². The number of carbonyl (C=O) groups is 2. The molecular formula is C14H25NO3. The fourth-order valence-electron chi connectivity index (χ4n) is 2.58. The molecule has 0 aromatic heterocycles. The van der Waals surface area contributed by atoms with Gasteiger partial charge in [-0.05, 0) is 38.0 Å². The monoisotopic (exact) mass is 255 g/mol. The first-order valence-corrected chi connectivity index (χ1v) is 7.01. The van der Waals surface area contributed by atoms with Gasteiger partial charge in [-0.3, -0.25) is 9.59 Å². The van der Waals surface area contributed by atoms with Gasteiger partial charge in [0.1, 0.15) is 0 Å². The smallest absolute Gasteiger partial charge is 0.303 e. The maximum absolute atomic E-state index is 12.4. The van der Waals surface area contributed by atoms with Crippen LogP contribution in [0.2, 0.25) is 0 Å². The van der Waals surface area contributed by atoms with Crippen LogP contribution in [-0.4, -0.2) is 35.0 Å². The van der Waals surface area contributed by atoms with Gasteiger partial charge in [0.2, 0.25) is 5.91 Å². The van der Waals surface area contributed by atoms with Crippen LogP contribution in [0.3, 0.4) is 0 Å². The summed E-state index contributed by atoms with van der Waals surface area (Å²) in [5.74, 6) is -0.323. The van der Waals surface area contributed by atoms with E-state index in [4.69, 9.17) is 5.11 Å². The summed E-state index contributed by atoms with van der Waals surface area (Å²) in [5.41, 5.74) is 0. The van der Waals surface area contributed by atoms with Gasteiger partial charge in [-0.25, -0.2) is 0 Å². The number of aliphatic carboxylic acids is 1. The summed E-state index contributed by atoms with van der Waals surface area (Å²) < 4.78 is 0. The third-order valence-electron chi connectivity index (χ3n) is 3.48. The number of carboxylic acids is 1. The fourth-order valence-corrected chi connectivity index (χ4v) is 2.58. The van der Waals surface area contributed by atoms with E-state index >= 15 is 0 Å². The lowest BCUT2D eigenvalue weighted by molar-refractivity contribution is -0.139. The highest BCUT2D eigenvalue weighted by atomic mass is 16.4. The average Bonchev–Trinajstić information content (AvgIpc) is 2.34. The summed E-state index contributed by atoms with van der Waals surface area (Å²) in [6.45, 7) is 5.86. The molecule has 4 heteroatoms. The first-order valence-electron chi connectivity index (χ1n) is 7.01. The maximum atomic E-state index is 12.4. The van der Waals surface area contributed by atoms with E-state index in [0.29, 0.717) is 12.3 Å². The summed E-state index contributed by atoms with van der Waals surface area (Å²) in [6.07, 6.45) is 4.73. The summed E-state index contributed by atoms with van der Waals surface area (Å²) in [5, 5.41) is 8.76. The van der Waals surface area contributed by atoms with Gasteiger partial charge < -0.3 is 10.0 Å². The van der Waals surface area contributed by atoms with Crippen molar-refractivity contribution in [3.05, 3.63) is 0 Å². The molecule has 18 heavy (non-hydrogen) atoms. The third-order valence-corrected chi connectivity index (χ3v) is 3.48. The topological polar surface area (TPSA) is 57.6 Å². The molecule has 1 rings (SSSR count). The number of likely N-dealkylation sites (tertiary alicyclic amines) is 1. The molecule has 1 aliphatic heterocycles. The Balaban J connectivity index is 2.55. The summed E-state index contributed by atoms with van der Waals surface area (Å²) in [4.78, 5) is 25.0. The summed E-state index contributed by atoms with van der Waals surface area (Å²) >= 11 is 0. The molecule has 0 aromatic rings.